The number of allylic oxidation sites excluding steroid dienone is 4. The third kappa shape index (κ3) is 9.59. The number of carboxylic acid groups (broad SMARTS) is 1. The molecule has 0 amide bonds. The number of aliphatic carboxylic acids is 1. The predicted octanol–water partition coefficient (Wildman–Crippen LogP) is 8.80. The molecule has 4 rings (SSSR count). The van der Waals surface area contributed by atoms with E-state index in [0.29, 0.717) is 31.3 Å². The average Bonchev–Trinajstić information content (AvgIpc) is 3.27. The second-order valence-electron chi connectivity index (χ2n) is 16.5. The Bertz CT molecular complexity index is 1260. The third-order valence-corrected chi connectivity index (χ3v) is 13.0. The lowest BCUT2D eigenvalue weighted by atomic mass is 9.44. The van der Waals surface area contributed by atoms with Gasteiger partial charge in [-0.25, -0.2) is 4.39 Å². The Kier molecular flexibility index (Phi) is 16.1. The number of Topliss-reactive ketones (excluding diaryl/α,β-unsaturated/α-hetero) is 1. The second-order valence-corrected chi connectivity index (χ2v) is 16.5. The van der Waals surface area contributed by atoms with Crippen molar-refractivity contribution >= 4 is 23.5 Å². The summed E-state index contributed by atoms with van der Waals surface area (Å²) >= 11 is 0. The van der Waals surface area contributed by atoms with Gasteiger partial charge in [-0.05, 0) is 63.0 Å². The van der Waals surface area contributed by atoms with Crippen molar-refractivity contribution in [1.82, 2.24) is 0 Å². The molecule has 1 unspecified atom stereocenters. The van der Waals surface area contributed by atoms with Crippen LogP contribution in [-0.4, -0.2) is 62.8 Å². The normalized spacial score (nSPS) is 33.6. The molecule has 4 aliphatic rings. The number of unbranched alkanes of at least 4 members (excludes halogenated alkanes) is 14. The summed E-state index contributed by atoms with van der Waals surface area (Å²) in [6, 6.07) is 0. The van der Waals surface area contributed by atoms with Gasteiger partial charge in [0.15, 0.2) is 18.1 Å². The van der Waals surface area contributed by atoms with Crippen LogP contribution >= 0.6 is 0 Å². The summed E-state index contributed by atoms with van der Waals surface area (Å²) in [4.78, 5) is 46.5. The Hall–Kier alpha value is -2.39. The van der Waals surface area contributed by atoms with Crippen LogP contribution in [0.25, 0.3) is 0 Å². The minimum Gasteiger partial charge on any atom is -0.481 e. The minimum absolute atomic E-state index is 0.0953. The number of ketones is 2. The first-order valence-electron chi connectivity index (χ1n) is 20.0. The van der Waals surface area contributed by atoms with E-state index < -0.39 is 64.4 Å². The van der Waals surface area contributed by atoms with Crippen LogP contribution in [0.3, 0.4) is 0 Å². The molecule has 3 fully saturated rings. The molecule has 0 bridgehead atoms. The largest absolute Gasteiger partial charge is 0.481 e. The number of hydrogen-bond acceptors (Lipinski definition) is 7. The zero-order valence-electron chi connectivity index (χ0n) is 32.2. The standard InChI is InChI=1S/C24H31FO6.C18H36O2/c1-13-9-18-17-6-5-15-10-16(27)7-8-21(15,3)23(17,25)19(28)11-22(18,4)24(13,30)20(29)12-31-14(2)26;1-2-3-4-5-6-7-8-9-10-11-12-13-14-15-16-17-18(19)20/h7-8,10,13,17-19,28,30H,5-6,9,11-12H2,1-4H3;2-17H2,1H3,(H,19,20)/t13-,17+,18+,19?,21+,22+,23+,24+;/m1./s1. The molecule has 0 aliphatic heterocycles. The molecule has 8 atom stereocenters. The molecule has 0 heterocycles. The van der Waals surface area contributed by atoms with Gasteiger partial charge in [-0.1, -0.05) is 122 Å². The van der Waals surface area contributed by atoms with E-state index >= 15 is 4.39 Å². The summed E-state index contributed by atoms with van der Waals surface area (Å²) in [5.74, 6) is -3.46. The van der Waals surface area contributed by atoms with Gasteiger partial charge in [-0.3, -0.25) is 19.2 Å². The molecule has 0 radical (unpaired) electrons. The van der Waals surface area contributed by atoms with Gasteiger partial charge < -0.3 is 20.1 Å². The minimum atomic E-state index is -2.01. The number of ether oxygens (including phenoxy) is 1. The molecule has 9 heteroatoms. The summed E-state index contributed by atoms with van der Waals surface area (Å²) in [7, 11) is 0. The topological polar surface area (TPSA) is 138 Å². The molecule has 8 nitrogen and oxygen atoms in total. The van der Waals surface area contributed by atoms with Crippen LogP contribution in [0.2, 0.25) is 0 Å². The van der Waals surface area contributed by atoms with Crippen molar-refractivity contribution in [1.29, 1.82) is 0 Å². The molecule has 0 spiro atoms. The molecule has 4 aliphatic carbocycles. The van der Waals surface area contributed by atoms with Crippen molar-refractivity contribution in [2.24, 2.45) is 28.6 Å². The number of hydrogen-bond donors (Lipinski definition) is 3. The van der Waals surface area contributed by atoms with Crippen LogP contribution in [0.15, 0.2) is 23.8 Å². The lowest BCUT2D eigenvalue weighted by Crippen LogP contribution is -2.69. The van der Waals surface area contributed by atoms with Crippen molar-refractivity contribution in [3.8, 4) is 0 Å². The number of halogens is 1. The summed E-state index contributed by atoms with van der Waals surface area (Å²) in [5, 5.41) is 31.4. The van der Waals surface area contributed by atoms with Crippen LogP contribution in [0.5, 0.6) is 0 Å². The van der Waals surface area contributed by atoms with Gasteiger partial charge in [0.2, 0.25) is 5.78 Å². The highest BCUT2D eigenvalue weighted by Crippen LogP contribution is 2.70. The molecule has 0 aromatic heterocycles. The van der Waals surface area contributed by atoms with Crippen molar-refractivity contribution in [2.45, 2.75) is 180 Å². The fourth-order valence-corrected chi connectivity index (χ4v) is 10.1. The molecule has 0 aromatic rings. The lowest BCUT2D eigenvalue weighted by Gasteiger charge is -2.62. The van der Waals surface area contributed by atoms with Crippen LogP contribution in [-0.2, 0) is 23.9 Å². The summed E-state index contributed by atoms with van der Waals surface area (Å²) in [6.45, 7) is 8.16. The Labute approximate surface area is 306 Å². The summed E-state index contributed by atoms with van der Waals surface area (Å²) < 4.78 is 21.9. The summed E-state index contributed by atoms with van der Waals surface area (Å²) in [5.41, 5.74) is -5.33. The Morgan fingerprint density at radius 3 is 1.94 bits per heavy atom. The van der Waals surface area contributed by atoms with E-state index in [2.05, 4.69) is 6.92 Å². The first kappa shape index (κ1) is 43.0. The van der Waals surface area contributed by atoms with Gasteiger partial charge >= 0.3 is 11.9 Å². The fraction of sp³-hybridized carbons (Fsp3) is 0.810. The Morgan fingerprint density at radius 2 is 1.43 bits per heavy atom. The maximum absolute atomic E-state index is 17.0. The number of carbonyl (C=O) groups is 4. The lowest BCUT2D eigenvalue weighted by molar-refractivity contribution is -0.219. The quantitative estimate of drug-likeness (QED) is 0.0890. The van der Waals surface area contributed by atoms with Gasteiger partial charge in [-0.15, -0.1) is 0 Å². The molecule has 3 saturated carbocycles. The molecule has 3 N–H and O–H groups in total. The smallest absolute Gasteiger partial charge is 0.303 e. The molecule has 0 saturated heterocycles. The van der Waals surface area contributed by atoms with Crippen molar-refractivity contribution in [2.75, 3.05) is 6.61 Å². The number of rotatable bonds is 19. The third-order valence-electron chi connectivity index (χ3n) is 13.0. The van der Waals surface area contributed by atoms with E-state index in [0.717, 1.165) is 12.8 Å². The fourth-order valence-electron chi connectivity index (χ4n) is 10.1. The molecule has 290 valence electrons. The molecule has 0 aromatic carbocycles. The van der Waals surface area contributed by atoms with Crippen LogP contribution in [0.1, 0.15) is 163 Å². The van der Waals surface area contributed by atoms with E-state index in [9.17, 15) is 29.4 Å². The van der Waals surface area contributed by atoms with Gasteiger partial charge in [-0.2, -0.15) is 0 Å². The Balaban J connectivity index is 0.000000306. The highest BCUT2D eigenvalue weighted by Gasteiger charge is 2.75. The number of alkyl halides is 1. The first-order valence-corrected chi connectivity index (χ1v) is 20.0. The van der Waals surface area contributed by atoms with Crippen molar-refractivity contribution in [3.63, 3.8) is 0 Å². The van der Waals surface area contributed by atoms with Gasteiger partial charge in [0, 0.05) is 30.1 Å². The number of fused-ring (bicyclic) bond motifs is 5. The number of carbonyl (C=O) groups excluding carboxylic acids is 3. The van der Waals surface area contributed by atoms with Crippen molar-refractivity contribution in [3.05, 3.63) is 23.8 Å². The van der Waals surface area contributed by atoms with E-state index in [4.69, 9.17) is 9.84 Å². The highest BCUT2D eigenvalue weighted by molar-refractivity contribution is 6.01. The second kappa shape index (κ2) is 19.1. The zero-order valence-corrected chi connectivity index (χ0v) is 32.2. The first-order chi connectivity index (χ1) is 24.1. The monoisotopic (exact) mass is 718 g/mol. The van der Waals surface area contributed by atoms with Crippen LogP contribution < -0.4 is 0 Å². The van der Waals surface area contributed by atoms with Crippen LogP contribution in [0.4, 0.5) is 4.39 Å². The van der Waals surface area contributed by atoms with E-state index in [1.54, 1.807) is 26.8 Å². The van der Waals surface area contributed by atoms with Crippen molar-refractivity contribution < 1.29 is 43.6 Å². The van der Waals surface area contributed by atoms with E-state index in [-0.39, 0.29) is 18.1 Å². The predicted molar refractivity (Wildman–Crippen MR) is 197 cm³/mol. The zero-order chi connectivity index (χ0) is 37.9. The van der Waals surface area contributed by atoms with E-state index in [1.807, 2.05) is 0 Å². The maximum Gasteiger partial charge on any atom is 0.303 e. The number of aliphatic hydroxyl groups is 2. The number of aliphatic hydroxyl groups excluding tert-OH is 1. The van der Waals surface area contributed by atoms with Crippen LogP contribution in [0, 0.1) is 28.6 Å². The average molecular weight is 719 g/mol. The Morgan fingerprint density at radius 1 is 0.902 bits per heavy atom. The maximum atomic E-state index is 17.0. The molecule has 51 heavy (non-hydrogen) atoms. The van der Waals surface area contributed by atoms with E-state index in [1.165, 1.54) is 103 Å². The SMILES string of the molecule is CC(=O)OCC(=O)[C@@]1(O)[C@H](C)C[C@H]2[C@@H]3CCC4=CC(=O)C=C[C@]4(C)[C@@]3(F)C(O)C[C@@]21C.CCCCCCCCCCCCCCCCCC(=O)O. The van der Waals surface area contributed by atoms with Gasteiger partial charge in [0.25, 0.3) is 0 Å². The number of carboxylic acids is 1. The van der Waals surface area contributed by atoms with Gasteiger partial charge in [0.1, 0.15) is 5.60 Å². The summed E-state index contributed by atoms with van der Waals surface area (Å²) in [6.07, 6.45) is 24.5. The van der Waals surface area contributed by atoms with Gasteiger partial charge in [0.05, 0.1) is 6.10 Å². The molecular weight excluding hydrogens is 651 g/mol. The molecular formula is C42H67FO8. The number of esters is 1. The highest BCUT2D eigenvalue weighted by atomic mass is 19.1.